The van der Waals surface area contributed by atoms with Crippen molar-refractivity contribution in [2.24, 2.45) is 5.10 Å². The highest BCUT2D eigenvalue weighted by Crippen LogP contribution is 2.37. The topological polar surface area (TPSA) is 45.6 Å². The molecule has 24 heavy (non-hydrogen) atoms. The molecule has 1 aromatic carbocycles. The van der Waals surface area contributed by atoms with Gasteiger partial charge in [0.05, 0.1) is 22.1 Å². The summed E-state index contributed by atoms with van der Waals surface area (Å²) >= 11 is 8.05. The molecule has 4 rings (SSSR count). The smallest absolute Gasteiger partial charge is 0.240 e. The van der Waals surface area contributed by atoms with Crippen LogP contribution in [-0.2, 0) is 4.79 Å². The van der Waals surface area contributed by atoms with E-state index in [9.17, 15) is 4.79 Å². The Balaban J connectivity index is 1.78. The van der Waals surface area contributed by atoms with Gasteiger partial charge >= 0.3 is 0 Å². The molecule has 1 aliphatic rings. The second-order valence-corrected chi connectivity index (χ2v) is 6.97. The van der Waals surface area contributed by atoms with Gasteiger partial charge < -0.3 is 0 Å². The van der Waals surface area contributed by atoms with E-state index in [1.807, 2.05) is 47.8 Å². The summed E-state index contributed by atoms with van der Waals surface area (Å²) in [6.45, 7) is 1.52. The van der Waals surface area contributed by atoms with Gasteiger partial charge in [0.2, 0.25) is 5.91 Å². The first-order valence-corrected chi connectivity index (χ1v) is 8.85. The molecule has 0 bridgehead atoms. The zero-order chi connectivity index (χ0) is 16.7. The van der Waals surface area contributed by atoms with Gasteiger partial charge in [0.15, 0.2) is 0 Å². The predicted molar refractivity (Wildman–Crippen MR) is 97.5 cm³/mol. The lowest BCUT2D eigenvalue weighted by molar-refractivity contribution is -0.130. The molecule has 0 spiro atoms. The highest BCUT2D eigenvalue weighted by molar-refractivity contribution is 7.12. The third kappa shape index (κ3) is 2.60. The molecule has 120 valence electrons. The second-order valence-electron chi connectivity index (χ2n) is 5.67. The SMILES string of the molecule is CC(=O)N1N=C(c2cccs2)CC1c1cc2ccccc2nc1Cl. The number of pyridine rings is 1. The van der Waals surface area contributed by atoms with Gasteiger partial charge in [-0.1, -0.05) is 35.9 Å². The summed E-state index contributed by atoms with van der Waals surface area (Å²) in [5, 5.41) is 9.49. The zero-order valence-corrected chi connectivity index (χ0v) is 14.5. The van der Waals surface area contributed by atoms with Crippen LogP contribution in [0.3, 0.4) is 0 Å². The Hall–Kier alpha value is -2.24. The van der Waals surface area contributed by atoms with Gasteiger partial charge in [-0.2, -0.15) is 5.10 Å². The summed E-state index contributed by atoms with van der Waals surface area (Å²) in [7, 11) is 0. The normalized spacial score (nSPS) is 17.3. The average molecular weight is 356 g/mol. The number of para-hydroxylation sites is 1. The second kappa shape index (κ2) is 6.00. The van der Waals surface area contributed by atoms with Crippen LogP contribution in [0.1, 0.15) is 29.8 Å². The summed E-state index contributed by atoms with van der Waals surface area (Å²) in [4.78, 5) is 17.6. The molecule has 1 unspecified atom stereocenters. The maximum absolute atomic E-state index is 12.1. The number of hydrazone groups is 1. The Morgan fingerprint density at radius 1 is 1.29 bits per heavy atom. The molecule has 0 radical (unpaired) electrons. The van der Waals surface area contributed by atoms with E-state index in [2.05, 4.69) is 10.1 Å². The third-order valence-electron chi connectivity index (χ3n) is 4.10. The lowest BCUT2D eigenvalue weighted by Crippen LogP contribution is -2.24. The molecule has 0 N–H and O–H groups in total. The van der Waals surface area contributed by atoms with Gasteiger partial charge in [-0.25, -0.2) is 9.99 Å². The van der Waals surface area contributed by atoms with Crippen molar-refractivity contribution in [3.05, 3.63) is 63.4 Å². The van der Waals surface area contributed by atoms with Gasteiger partial charge in [0.25, 0.3) is 0 Å². The van der Waals surface area contributed by atoms with Gasteiger partial charge in [-0.05, 0) is 23.6 Å². The Morgan fingerprint density at radius 2 is 2.12 bits per heavy atom. The van der Waals surface area contributed by atoms with Crippen LogP contribution in [0.25, 0.3) is 10.9 Å². The van der Waals surface area contributed by atoms with Crippen molar-refractivity contribution >= 4 is 45.5 Å². The molecule has 3 heterocycles. The molecule has 3 aromatic rings. The van der Waals surface area contributed by atoms with E-state index in [1.165, 1.54) is 11.9 Å². The molecule has 1 aliphatic heterocycles. The Morgan fingerprint density at radius 3 is 2.88 bits per heavy atom. The number of hydrogen-bond donors (Lipinski definition) is 0. The largest absolute Gasteiger partial charge is 0.273 e. The number of benzene rings is 1. The van der Waals surface area contributed by atoms with E-state index in [0.717, 1.165) is 27.1 Å². The lowest BCUT2D eigenvalue weighted by atomic mass is 10.0. The molecule has 1 atom stereocenters. The van der Waals surface area contributed by atoms with E-state index in [4.69, 9.17) is 11.6 Å². The maximum atomic E-state index is 12.1. The van der Waals surface area contributed by atoms with Crippen molar-refractivity contribution in [2.45, 2.75) is 19.4 Å². The molecule has 0 saturated heterocycles. The van der Waals surface area contributed by atoms with Gasteiger partial charge in [-0.15, -0.1) is 11.3 Å². The van der Waals surface area contributed by atoms with Gasteiger partial charge in [0, 0.05) is 24.3 Å². The van der Waals surface area contributed by atoms with Crippen molar-refractivity contribution in [3.63, 3.8) is 0 Å². The minimum absolute atomic E-state index is 0.101. The van der Waals surface area contributed by atoms with Crippen molar-refractivity contribution in [2.75, 3.05) is 0 Å². The molecule has 4 nitrogen and oxygen atoms in total. The first kappa shape index (κ1) is 15.3. The van der Waals surface area contributed by atoms with Crippen LogP contribution in [0.2, 0.25) is 5.15 Å². The van der Waals surface area contributed by atoms with E-state index < -0.39 is 0 Å². The van der Waals surface area contributed by atoms with Crippen molar-refractivity contribution < 1.29 is 4.79 Å². The quantitative estimate of drug-likeness (QED) is 0.628. The summed E-state index contributed by atoms with van der Waals surface area (Å²) in [5.41, 5.74) is 2.59. The van der Waals surface area contributed by atoms with Gasteiger partial charge in [0.1, 0.15) is 5.15 Å². The van der Waals surface area contributed by atoms with Gasteiger partial charge in [-0.3, -0.25) is 4.79 Å². The summed E-state index contributed by atoms with van der Waals surface area (Å²) in [5.74, 6) is -0.101. The van der Waals surface area contributed by atoms with E-state index in [-0.39, 0.29) is 11.9 Å². The molecule has 2 aromatic heterocycles. The van der Waals surface area contributed by atoms with Crippen LogP contribution in [0.15, 0.2) is 52.9 Å². The fourth-order valence-corrected chi connectivity index (χ4v) is 3.97. The minimum Gasteiger partial charge on any atom is -0.273 e. The molecular weight excluding hydrogens is 342 g/mol. The van der Waals surface area contributed by atoms with E-state index in [0.29, 0.717) is 11.6 Å². The Bertz CT molecular complexity index is 952. The third-order valence-corrected chi connectivity index (χ3v) is 5.32. The lowest BCUT2D eigenvalue weighted by Gasteiger charge is -2.21. The van der Waals surface area contributed by atoms with Crippen LogP contribution in [-0.4, -0.2) is 21.6 Å². The molecule has 0 saturated carbocycles. The predicted octanol–water partition coefficient (Wildman–Crippen LogP) is 4.65. The fraction of sp³-hybridized carbons (Fsp3) is 0.167. The number of carbonyl (C=O) groups excluding carboxylic acids is 1. The van der Waals surface area contributed by atoms with Crippen LogP contribution in [0, 0.1) is 0 Å². The molecule has 0 aliphatic carbocycles. The minimum atomic E-state index is -0.218. The Labute approximate surface area is 148 Å². The van der Waals surface area contributed by atoms with Crippen LogP contribution in [0.5, 0.6) is 0 Å². The number of fused-ring (bicyclic) bond motifs is 1. The van der Waals surface area contributed by atoms with Crippen molar-refractivity contribution in [1.29, 1.82) is 0 Å². The molecule has 6 heteroatoms. The number of aromatic nitrogens is 1. The van der Waals surface area contributed by atoms with E-state index >= 15 is 0 Å². The zero-order valence-electron chi connectivity index (χ0n) is 12.9. The monoisotopic (exact) mass is 355 g/mol. The average Bonchev–Trinajstić information content (AvgIpc) is 3.23. The Kier molecular flexibility index (Phi) is 3.82. The summed E-state index contributed by atoms with van der Waals surface area (Å²) in [6, 6.07) is 13.6. The molecular formula is C18H14ClN3OS. The van der Waals surface area contributed by atoms with Crippen molar-refractivity contribution in [3.8, 4) is 0 Å². The van der Waals surface area contributed by atoms with Crippen molar-refractivity contribution in [1.82, 2.24) is 9.99 Å². The summed E-state index contributed by atoms with van der Waals surface area (Å²) < 4.78 is 0. The highest BCUT2D eigenvalue weighted by Gasteiger charge is 2.33. The van der Waals surface area contributed by atoms with Crippen LogP contribution < -0.4 is 0 Å². The standard InChI is InChI=1S/C18H14ClN3OS/c1-11(23)22-16(10-15(21-22)17-7-4-8-24-17)13-9-12-5-2-3-6-14(12)20-18(13)19/h2-9,16H,10H2,1H3. The van der Waals surface area contributed by atoms with Crippen LogP contribution in [0.4, 0.5) is 0 Å². The number of carbonyl (C=O) groups is 1. The first-order chi connectivity index (χ1) is 11.6. The molecule has 1 amide bonds. The fourth-order valence-electron chi connectivity index (χ4n) is 2.98. The number of thiophene rings is 1. The van der Waals surface area contributed by atoms with E-state index in [1.54, 1.807) is 11.3 Å². The van der Waals surface area contributed by atoms with Crippen LogP contribution >= 0.6 is 22.9 Å². The number of halogens is 1. The molecule has 0 fully saturated rings. The number of amides is 1. The number of rotatable bonds is 2. The number of hydrogen-bond acceptors (Lipinski definition) is 4. The first-order valence-electron chi connectivity index (χ1n) is 7.60. The summed E-state index contributed by atoms with van der Waals surface area (Å²) in [6.07, 6.45) is 0.639. The highest BCUT2D eigenvalue weighted by atomic mass is 35.5. The maximum Gasteiger partial charge on any atom is 0.240 e. The number of nitrogens with zero attached hydrogens (tertiary/aromatic N) is 3.